The Hall–Kier alpha value is -2.37. The van der Waals surface area contributed by atoms with Crippen LogP contribution < -0.4 is 4.74 Å². The third-order valence-electron chi connectivity index (χ3n) is 2.65. The van der Waals surface area contributed by atoms with E-state index >= 15 is 0 Å². The van der Waals surface area contributed by atoms with Gasteiger partial charge < -0.3 is 9.84 Å². The minimum Gasteiger partial charge on any atom is -0.481 e. The van der Waals surface area contributed by atoms with Crippen LogP contribution in [0, 0.1) is 12.7 Å². The van der Waals surface area contributed by atoms with E-state index in [1.165, 1.54) is 23.0 Å². The number of hydrogen-bond acceptors (Lipinski definition) is 3. The van der Waals surface area contributed by atoms with E-state index in [4.69, 9.17) is 9.84 Å². The summed E-state index contributed by atoms with van der Waals surface area (Å²) in [5, 5.41) is 12.6. The third-order valence-corrected chi connectivity index (χ3v) is 2.65. The van der Waals surface area contributed by atoms with Crippen LogP contribution in [0.5, 0.6) is 11.5 Å². The molecular formula is C13H13FN2O3. The highest BCUT2D eigenvalue weighted by Crippen LogP contribution is 2.26. The van der Waals surface area contributed by atoms with E-state index in [0.717, 1.165) is 0 Å². The standard InChI is InChI=1S/C13H13FN2O3/c1-9-12(8-15-16(9)7-6-13(17)18)19-11-5-3-2-4-10(11)14/h2-5,8H,6-7H2,1H3,(H,17,18). The summed E-state index contributed by atoms with van der Waals surface area (Å²) >= 11 is 0. The summed E-state index contributed by atoms with van der Waals surface area (Å²) < 4.78 is 20.4. The van der Waals surface area contributed by atoms with Crippen molar-refractivity contribution in [1.82, 2.24) is 9.78 Å². The summed E-state index contributed by atoms with van der Waals surface area (Å²) in [5.41, 5.74) is 0.657. The molecule has 0 spiro atoms. The molecule has 0 amide bonds. The molecule has 6 heteroatoms. The van der Waals surface area contributed by atoms with Crippen molar-refractivity contribution >= 4 is 5.97 Å². The topological polar surface area (TPSA) is 64.4 Å². The van der Waals surface area contributed by atoms with Gasteiger partial charge in [0.15, 0.2) is 17.3 Å². The van der Waals surface area contributed by atoms with Gasteiger partial charge in [0.1, 0.15) is 0 Å². The van der Waals surface area contributed by atoms with Crippen LogP contribution in [-0.2, 0) is 11.3 Å². The number of halogens is 1. The SMILES string of the molecule is Cc1c(Oc2ccccc2F)cnn1CCC(=O)O. The molecular weight excluding hydrogens is 251 g/mol. The maximum atomic E-state index is 13.4. The number of benzene rings is 1. The second-order valence-corrected chi connectivity index (χ2v) is 3.99. The van der Waals surface area contributed by atoms with E-state index in [9.17, 15) is 9.18 Å². The molecule has 5 nitrogen and oxygen atoms in total. The van der Waals surface area contributed by atoms with Crippen molar-refractivity contribution in [3.05, 3.63) is 42.0 Å². The van der Waals surface area contributed by atoms with Crippen molar-refractivity contribution in [3.63, 3.8) is 0 Å². The quantitative estimate of drug-likeness (QED) is 0.901. The number of aliphatic carboxylic acids is 1. The van der Waals surface area contributed by atoms with Crippen LogP contribution in [0.25, 0.3) is 0 Å². The number of para-hydroxylation sites is 1. The van der Waals surface area contributed by atoms with Crippen molar-refractivity contribution in [3.8, 4) is 11.5 Å². The lowest BCUT2D eigenvalue weighted by atomic mass is 10.3. The molecule has 0 saturated heterocycles. The summed E-state index contributed by atoms with van der Waals surface area (Å²) in [6.07, 6.45) is 1.42. The second-order valence-electron chi connectivity index (χ2n) is 3.99. The predicted molar refractivity (Wildman–Crippen MR) is 65.7 cm³/mol. The fourth-order valence-corrected chi connectivity index (χ4v) is 1.60. The Morgan fingerprint density at radius 1 is 1.42 bits per heavy atom. The highest BCUT2D eigenvalue weighted by atomic mass is 19.1. The van der Waals surface area contributed by atoms with Gasteiger partial charge in [0.05, 0.1) is 24.9 Å². The molecule has 1 N–H and O–H groups in total. The van der Waals surface area contributed by atoms with E-state index < -0.39 is 11.8 Å². The molecule has 0 atom stereocenters. The van der Waals surface area contributed by atoms with Crippen LogP contribution in [0.15, 0.2) is 30.5 Å². The molecule has 0 saturated carbocycles. The number of nitrogens with zero attached hydrogens (tertiary/aromatic N) is 2. The van der Waals surface area contributed by atoms with Crippen LogP contribution in [-0.4, -0.2) is 20.9 Å². The summed E-state index contributed by atoms with van der Waals surface area (Å²) in [7, 11) is 0. The second kappa shape index (κ2) is 5.51. The van der Waals surface area contributed by atoms with Gasteiger partial charge in [-0.05, 0) is 19.1 Å². The predicted octanol–water partition coefficient (Wildman–Crippen LogP) is 2.60. The Kier molecular flexibility index (Phi) is 3.79. The Labute approximate surface area is 109 Å². The summed E-state index contributed by atoms with van der Waals surface area (Å²) in [6.45, 7) is 1.99. The van der Waals surface area contributed by atoms with Gasteiger partial charge in [-0.15, -0.1) is 0 Å². The fraction of sp³-hybridized carbons (Fsp3) is 0.231. The number of aryl methyl sites for hydroxylation is 1. The number of rotatable bonds is 5. The number of carboxylic acids is 1. The molecule has 2 aromatic rings. The van der Waals surface area contributed by atoms with Gasteiger partial charge in [0.2, 0.25) is 0 Å². The minimum atomic E-state index is -0.897. The molecule has 0 fully saturated rings. The number of aromatic nitrogens is 2. The molecule has 0 unspecified atom stereocenters. The average molecular weight is 264 g/mol. The highest BCUT2D eigenvalue weighted by molar-refractivity contribution is 5.66. The first-order chi connectivity index (χ1) is 9.08. The van der Waals surface area contributed by atoms with Gasteiger partial charge in [-0.2, -0.15) is 5.10 Å². The van der Waals surface area contributed by atoms with Crippen molar-refractivity contribution < 1.29 is 19.0 Å². The van der Waals surface area contributed by atoms with Gasteiger partial charge in [-0.1, -0.05) is 12.1 Å². The Balaban J connectivity index is 2.14. The highest BCUT2D eigenvalue weighted by Gasteiger charge is 2.11. The van der Waals surface area contributed by atoms with E-state index in [-0.39, 0.29) is 18.7 Å². The zero-order valence-electron chi connectivity index (χ0n) is 10.3. The van der Waals surface area contributed by atoms with Crippen molar-refractivity contribution in [2.45, 2.75) is 19.9 Å². The zero-order chi connectivity index (χ0) is 13.8. The summed E-state index contributed by atoms with van der Waals surface area (Å²) in [6, 6.07) is 6.07. The van der Waals surface area contributed by atoms with Crippen LogP contribution >= 0.6 is 0 Å². The van der Waals surface area contributed by atoms with Crippen LogP contribution in [0.4, 0.5) is 4.39 Å². The molecule has 1 aromatic carbocycles. The monoisotopic (exact) mass is 264 g/mol. The van der Waals surface area contributed by atoms with Crippen LogP contribution in [0.1, 0.15) is 12.1 Å². The zero-order valence-corrected chi connectivity index (χ0v) is 10.3. The molecule has 1 aromatic heterocycles. The van der Waals surface area contributed by atoms with E-state index in [1.807, 2.05) is 0 Å². The smallest absolute Gasteiger partial charge is 0.305 e. The minimum absolute atomic E-state index is 0.0261. The van der Waals surface area contributed by atoms with E-state index in [2.05, 4.69) is 5.10 Å². The molecule has 0 aliphatic rings. The van der Waals surface area contributed by atoms with Crippen molar-refractivity contribution in [2.24, 2.45) is 0 Å². The lowest BCUT2D eigenvalue weighted by molar-refractivity contribution is -0.137. The van der Waals surface area contributed by atoms with Gasteiger partial charge in [0, 0.05) is 0 Å². The van der Waals surface area contributed by atoms with Crippen LogP contribution in [0.3, 0.4) is 0 Å². The maximum absolute atomic E-state index is 13.4. The van der Waals surface area contributed by atoms with Gasteiger partial charge in [-0.25, -0.2) is 4.39 Å². The Morgan fingerprint density at radius 2 is 2.16 bits per heavy atom. The first-order valence-electron chi connectivity index (χ1n) is 5.74. The van der Waals surface area contributed by atoms with E-state index in [1.54, 1.807) is 19.1 Å². The normalized spacial score (nSPS) is 10.4. The third kappa shape index (κ3) is 3.09. The lowest BCUT2D eigenvalue weighted by Gasteiger charge is -2.06. The van der Waals surface area contributed by atoms with Gasteiger partial charge >= 0.3 is 5.97 Å². The summed E-state index contributed by atoms with van der Waals surface area (Å²) in [4.78, 5) is 10.5. The molecule has 0 bridgehead atoms. The number of hydrogen-bond donors (Lipinski definition) is 1. The van der Waals surface area contributed by atoms with E-state index in [0.29, 0.717) is 11.4 Å². The first kappa shape index (κ1) is 13.1. The number of ether oxygens (including phenoxy) is 1. The molecule has 0 radical (unpaired) electrons. The Bertz CT molecular complexity index is 595. The van der Waals surface area contributed by atoms with Gasteiger partial charge in [-0.3, -0.25) is 9.48 Å². The summed E-state index contributed by atoms with van der Waals surface area (Å²) in [5.74, 6) is -0.828. The van der Waals surface area contributed by atoms with Crippen molar-refractivity contribution in [2.75, 3.05) is 0 Å². The number of carbonyl (C=O) groups is 1. The molecule has 1 heterocycles. The first-order valence-corrected chi connectivity index (χ1v) is 5.74. The fourth-order valence-electron chi connectivity index (χ4n) is 1.60. The Morgan fingerprint density at radius 3 is 2.84 bits per heavy atom. The lowest BCUT2D eigenvalue weighted by Crippen LogP contribution is -2.07. The largest absolute Gasteiger partial charge is 0.481 e. The molecule has 100 valence electrons. The van der Waals surface area contributed by atoms with Crippen molar-refractivity contribution in [1.29, 1.82) is 0 Å². The molecule has 0 aliphatic heterocycles. The molecule has 19 heavy (non-hydrogen) atoms. The molecule has 2 rings (SSSR count). The number of carboxylic acid groups (broad SMARTS) is 1. The maximum Gasteiger partial charge on any atom is 0.305 e. The van der Waals surface area contributed by atoms with Gasteiger partial charge in [0.25, 0.3) is 0 Å². The molecule has 0 aliphatic carbocycles. The average Bonchev–Trinajstić information content (AvgIpc) is 2.71. The van der Waals surface area contributed by atoms with Crippen LogP contribution in [0.2, 0.25) is 0 Å².